The van der Waals surface area contributed by atoms with Crippen molar-refractivity contribution in [1.29, 1.82) is 0 Å². The van der Waals surface area contributed by atoms with Gasteiger partial charge in [0.15, 0.2) is 5.82 Å². The summed E-state index contributed by atoms with van der Waals surface area (Å²) in [5, 5.41) is 3.46. The SMILES string of the molecule is CC1CC(C(=O)N2CCOCC2c2nccc(NC3CCC3)n2)C1. The number of amides is 1. The monoisotopic (exact) mass is 330 g/mol. The molecule has 1 aliphatic heterocycles. The van der Waals surface area contributed by atoms with Crippen molar-refractivity contribution in [3.8, 4) is 0 Å². The molecule has 6 nitrogen and oxygen atoms in total. The Bertz CT molecular complexity index is 598. The van der Waals surface area contributed by atoms with Gasteiger partial charge in [-0.15, -0.1) is 0 Å². The third kappa shape index (κ3) is 3.11. The molecule has 2 heterocycles. The largest absolute Gasteiger partial charge is 0.377 e. The van der Waals surface area contributed by atoms with Crippen LogP contribution < -0.4 is 5.32 Å². The summed E-state index contributed by atoms with van der Waals surface area (Å²) in [6, 6.07) is 2.28. The number of anilines is 1. The fourth-order valence-electron chi connectivity index (χ4n) is 3.80. The number of hydrogen-bond acceptors (Lipinski definition) is 5. The highest BCUT2D eigenvalue weighted by Crippen LogP contribution is 2.36. The van der Waals surface area contributed by atoms with E-state index in [1.807, 2.05) is 11.0 Å². The molecule has 0 radical (unpaired) electrons. The minimum Gasteiger partial charge on any atom is -0.377 e. The highest BCUT2D eigenvalue weighted by Gasteiger charge is 2.39. The lowest BCUT2D eigenvalue weighted by Crippen LogP contribution is -2.48. The molecule has 1 unspecified atom stereocenters. The summed E-state index contributed by atoms with van der Waals surface area (Å²) >= 11 is 0. The zero-order valence-electron chi connectivity index (χ0n) is 14.3. The number of carbonyl (C=O) groups excluding carboxylic acids is 1. The number of nitrogens with one attached hydrogen (secondary N) is 1. The maximum absolute atomic E-state index is 12.8. The van der Waals surface area contributed by atoms with E-state index in [-0.39, 0.29) is 17.9 Å². The van der Waals surface area contributed by atoms with E-state index < -0.39 is 0 Å². The molecule has 2 saturated carbocycles. The van der Waals surface area contributed by atoms with Gasteiger partial charge in [-0.05, 0) is 44.1 Å². The van der Waals surface area contributed by atoms with Crippen LogP contribution in [-0.4, -0.2) is 46.6 Å². The molecule has 3 aliphatic rings. The van der Waals surface area contributed by atoms with Gasteiger partial charge in [0.05, 0.1) is 13.2 Å². The van der Waals surface area contributed by atoms with Crippen molar-refractivity contribution in [1.82, 2.24) is 14.9 Å². The summed E-state index contributed by atoms with van der Waals surface area (Å²) in [5.41, 5.74) is 0. The van der Waals surface area contributed by atoms with Crippen molar-refractivity contribution in [3.05, 3.63) is 18.1 Å². The molecule has 130 valence electrons. The standard InChI is InChI=1S/C18H26N4O2/c1-12-9-13(10-12)18(23)22-7-8-24-11-15(22)17-19-6-5-16(21-17)20-14-3-2-4-14/h5-6,12-15H,2-4,7-11H2,1H3,(H,19,20,21). The van der Waals surface area contributed by atoms with Gasteiger partial charge >= 0.3 is 0 Å². The third-order valence-corrected chi connectivity index (χ3v) is 5.56. The van der Waals surface area contributed by atoms with Gasteiger partial charge in [-0.2, -0.15) is 0 Å². The van der Waals surface area contributed by atoms with Crippen molar-refractivity contribution in [2.75, 3.05) is 25.1 Å². The summed E-state index contributed by atoms with van der Waals surface area (Å²) in [7, 11) is 0. The molecule has 0 aromatic carbocycles. The maximum Gasteiger partial charge on any atom is 0.226 e. The molecule has 1 amide bonds. The number of ether oxygens (including phenoxy) is 1. The van der Waals surface area contributed by atoms with Gasteiger partial charge < -0.3 is 15.0 Å². The molecule has 0 spiro atoms. The van der Waals surface area contributed by atoms with Crippen LogP contribution in [0.1, 0.15) is 50.9 Å². The fraction of sp³-hybridized carbons (Fsp3) is 0.722. The Morgan fingerprint density at radius 1 is 1.38 bits per heavy atom. The first kappa shape index (κ1) is 15.8. The Balaban J connectivity index is 1.49. The summed E-state index contributed by atoms with van der Waals surface area (Å²) < 4.78 is 5.63. The zero-order valence-corrected chi connectivity index (χ0v) is 14.3. The number of carbonyl (C=O) groups is 1. The zero-order chi connectivity index (χ0) is 16.5. The molecule has 1 N–H and O–H groups in total. The van der Waals surface area contributed by atoms with Gasteiger partial charge in [-0.25, -0.2) is 9.97 Å². The van der Waals surface area contributed by atoms with Crippen LogP contribution in [0.15, 0.2) is 12.3 Å². The first-order valence-corrected chi connectivity index (χ1v) is 9.18. The van der Waals surface area contributed by atoms with Crippen LogP contribution in [0.3, 0.4) is 0 Å². The van der Waals surface area contributed by atoms with E-state index in [0.717, 1.165) is 18.7 Å². The van der Waals surface area contributed by atoms with Crippen LogP contribution in [0.4, 0.5) is 5.82 Å². The lowest BCUT2D eigenvalue weighted by atomic mass is 9.75. The summed E-state index contributed by atoms with van der Waals surface area (Å²) in [6.07, 6.45) is 7.49. The predicted molar refractivity (Wildman–Crippen MR) is 90.5 cm³/mol. The predicted octanol–water partition coefficient (Wildman–Crippen LogP) is 2.39. The van der Waals surface area contributed by atoms with E-state index in [0.29, 0.717) is 37.5 Å². The van der Waals surface area contributed by atoms with Crippen LogP contribution in [0.5, 0.6) is 0 Å². The van der Waals surface area contributed by atoms with E-state index in [1.165, 1.54) is 19.3 Å². The molecular weight excluding hydrogens is 304 g/mol. The Hall–Kier alpha value is -1.69. The molecule has 1 atom stereocenters. The molecule has 3 fully saturated rings. The summed E-state index contributed by atoms with van der Waals surface area (Å²) in [5.74, 6) is 2.66. The molecule has 24 heavy (non-hydrogen) atoms. The van der Waals surface area contributed by atoms with Crippen LogP contribution in [0.25, 0.3) is 0 Å². The number of morpholine rings is 1. The summed E-state index contributed by atoms with van der Waals surface area (Å²) in [6.45, 7) is 3.93. The molecule has 6 heteroatoms. The molecule has 2 aliphatic carbocycles. The topological polar surface area (TPSA) is 67.4 Å². The van der Waals surface area contributed by atoms with Crippen LogP contribution >= 0.6 is 0 Å². The van der Waals surface area contributed by atoms with E-state index in [9.17, 15) is 4.79 Å². The van der Waals surface area contributed by atoms with Gasteiger partial charge in [0.25, 0.3) is 0 Å². The second-order valence-corrected chi connectivity index (χ2v) is 7.47. The molecule has 1 aromatic rings. The number of nitrogens with zero attached hydrogens (tertiary/aromatic N) is 3. The third-order valence-electron chi connectivity index (χ3n) is 5.56. The van der Waals surface area contributed by atoms with E-state index in [2.05, 4.69) is 22.2 Å². The van der Waals surface area contributed by atoms with Crippen molar-refractivity contribution >= 4 is 11.7 Å². The molecular formula is C18H26N4O2. The quantitative estimate of drug-likeness (QED) is 0.918. The van der Waals surface area contributed by atoms with E-state index in [4.69, 9.17) is 4.74 Å². The molecule has 4 rings (SSSR count). The van der Waals surface area contributed by atoms with E-state index in [1.54, 1.807) is 6.20 Å². The highest BCUT2D eigenvalue weighted by molar-refractivity contribution is 5.80. The second kappa shape index (κ2) is 6.67. The van der Waals surface area contributed by atoms with Gasteiger partial charge in [-0.1, -0.05) is 6.92 Å². The van der Waals surface area contributed by atoms with E-state index >= 15 is 0 Å². The normalized spacial score (nSPS) is 30.4. The smallest absolute Gasteiger partial charge is 0.226 e. The van der Waals surface area contributed by atoms with Crippen LogP contribution in [0.2, 0.25) is 0 Å². The first-order valence-electron chi connectivity index (χ1n) is 9.18. The fourth-order valence-corrected chi connectivity index (χ4v) is 3.80. The van der Waals surface area contributed by atoms with Crippen molar-refractivity contribution in [3.63, 3.8) is 0 Å². The highest BCUT2D eigenvalue weighted by atomic mass is 16.5. The van der Waals surface area contributed by atoms with Gasteiger partial charge in [0.2, 0.25) is 5.91 Å². The Labute approximate surface area is 143 Å². The first-order chi connectivity index (χ1) is 11.7. The van der Waals surface area contributed by atoms with Crippen molar-refractivity contribution in [2.24, 2.45) is 11.8 Å². The Morgan fingerprint density at radius 2 is 2.21 bits per heavy atom. The second-order valence-electron chi connectivity index (χ2n) is 7.47. The lowest BCUT2D eigenvalue weighted by molar-refractivity contribution is -0.149. The molecule has 1 aromatic heterocycles. The number of rotatable bonds is 4. The van der Waals surface area contributed by atoms with Crippen LogP contribution in [0, 0.1) is 11.8 Å². The molecule has 1 saturated heterocycles. The van der Waals surface area contributed by atoms with Gasteiger partial charge in [-0.3, -0.25) is 4.79 Å². The number of hydrogen-bond donors (Lipinski definition) is 1. The van der Waals surface area contributed by atoms with Crippen molar-refractivity contribution in [2.45, 2.75) is 51.1 Å². The molecule has 0 bridgehead atoms. The number of aromatic nitrogens is 2. The van der Waals surface area contributed by atoms with Gasteiger partial charge in [0, 0.05) is 24.7 Å². The Morgan fingerprint density at radius 3 is 2.92 bits per heavy atom. The minimum atomic E-state index is -0.162. The summed E-state index contributed by atoms with van der Waals surface area (Å²) in [4.78, 5) is 23.9. The van der Waals surface area contributed by atoms with Crippen LogP contribution in [-0.2, 0) is 9.53 Å². The lowest BCUT2D eigenvalue weighted by Gasteiger charge is -2.40. The minimum absolute atomic E-state index is 0.162. The maximum atomic E-state index is 12.8. The average Bonchev–Trinajstić information content (AvgIpc) is 2.55. The Kier molecular flexibility index (Phi) is 4.39. The average molecular weight is 330 g/mol. The van der Waals surface area contributed by atoms with Gasteiger partial charge in [0.1, 0.15) is 11.9 Å². The van der Waals surface area contributed by atoms with Crippen molar-refractivity contribution < 1.29 is 9.53 Å².